The lowest BCUT2D eigenvalue weighted by molar-refractivity contribution is -0.128. The number of urea groups is 1. The van der Waals surface area contributed by atoms with Crippen LogP contribution in [0.1, 0.15) is 32.1 Å². The molecule has 0 aromatic heterocycles. The van der Waals surface area contributed by atoms with E-state index in [4.69, 9.17) is 23.7 Å². The number of rotatable bonds is 5. The van der Waals surface area contributed by atoms with Crippen molar-refractivity contribution >= 4 is 29.1 Å². The van der Waals surface area contributed by atoms with E-state index < -0.39 is 11.4 Å². The van der Waals surface area contributed by atoms with Crippen molar-refractivity contribution < 1.29 is 9.59 Å². The molecule has 0 atom stereocenters. The second kappa shape index (κ2) is 6.53. The Bertz CT molecular complexity index is 340. The van der Waals surface area contributed by atoms with Crippen LogP contribution in [0.25, 0.3) is 0 Å². The summed E-state index contributed by atoms with van der Waals surface area (Å²) >= 11 is 5.05. The molecule has 1 fully saturated rings. The number of primary amides is 1. The lowest BCUT2D eigenvalue weighted by Crippen LogP contribution is -2.51. The molecule has 0 bridgehead atoms. The van der Waals surface area contributed by atoms with Crippen LogP contribution in [-0.2, 0) is 4.79 Å². The molecule has 0 aromatic rings. The summed E-state index contributed by atoms with van der Waals surface area (Å²) in [5.74, 6) is -0.138. The van der Waals surface area contributed by atoms with Crippen LogP contribution in [-0.4, -0.2) is 30.0 Å². The third kappa shape index (κ3) is 3.56. The molecule has 1 aliphatic rings. The maximum atomic E-state index is 12.2. The molecule has 6 nitrogen and oxygen atoms in total. The average Bonchev–Trinajstić information content (AvgIpc) is 2.34. The zero-order valence-corrected chi connectivity index (χ0v) is 11.1. The topological polar surface area (TPSA) is 110 Å². The van der Waals surface area contributed by atoms with E-state index in [1.807, 2.05) is 0 Å². The van der Waals surface area contributed by atoms with Gasteiger partial charge in [0, 0.05) is 13.1 Å². The number of carbonyl (C=O) groups is 2. The van der Waals surface area contributed by atoms with Crippen LogP contribution < -0.4 is 22.1 Å². The maximum absolute atomic E-state index is 12.2. The van der Waals surface area contributed by atoms with Crippen LogP contribution in [0, 0.1) is 5.41 Å². The molecule has 7 heteroatoms. The second-order valence-electron chi connectivity index (χ2n) is 4.55. The van der Waals surface area contributed by atoms with E-state index in [9.17, 15) is 9.59 Å². The summed E-state index contributed by atoms with van der Waals surface area (Å²) in [5, 5.41) is 5.16. The Balaban J connectivity index is 2.50. The SMILES string of the molecule is NC(=O)NCCNC(=O)C1(C(N)=S)CCCCC1. The Hall–Kier alpha value is -1.37. The molecular weight excluding hydrogens is 252 g/mol. The molecule has 0 unspecified atom stereocenters. The number of nitrogens with one attached hydrogen (secondary N) is 2. The number of amides is 3. The van der Waals surface area contributed by atoms with E-state index in [2.05, 4.69) is 10.6 Å². The van der Waals surface area contributed by atoms with Gasteiger partial charge in [-0.3, -0.25) is 4.79 Å². The van der Waals surface area contributed by atoms with Gasteiger partial charge >= 0.3 is 6.03 Å². The van der Waals surface area contributed by atoms with Gasteiger partial charge in [0.05, 0.1) is 10.4 Å². The van der Waals surface area contributed by atoms with Gasteiger partial charge in [0.1, 0.15) is 0 Å². The molecule has 0 aliphatic heterocycles. The zero-order valence-electron chi connectivity index (χ0n) is 10.3. The van der Waals surface area contributed by atoms with Crippen molar-refractivity contribution in [1.29, 1.82) is 0 Å². The molecule has 0 saturated heterocycles. The van der Waals surface area contributed by atoms with Crippen LogP contribution in [0.2, 0.25) is 0 Å². The summed E-state index contributed by atoms with van der Waals surface area (Å²) in [6.07, 6.45) is 4.45. The van der Waals surface area contributed by atoms with Gasteiger partial charge in [-0.1, -0.05) is 31.5 Å². The minimum absolute atomic E-state index is 0.138. The molecule has 6 N–H and O–H groups in total. The van der Waals surface area contributed by atoms with Gasteiger partial charge in [-0.2, -0.15) is 0 Å². The quantitative estimate of drug-likeness (QED) is 0.417. The summed E-state index contributed by atoms with van der Waals surface area (Å²) in [7, 11) is 0. The summed E-state index contributed by atoms with van der Waals surface area (Å²) in [4.78, 5) is 22.9. The number of hydrogen-bond donors (Lipinski definition) is 4. The first-order chi connectivity index (χ1) is 8.49. The largest absolute Gasteiger partial charge is 0.392 e. The molecule has 0 spiro atoms. The maximum Gasteiger partial charge on any atom is 0.312 e. The van der Waals surface area contributed by atoms with Crippen molar-refractivity contribution in [3.63, 3.8) is 0 Å². The molecule has 102 valence electrons. The molecule has 0 radical (unpaired) electrons. The third-order valence-corrected chi connectivity index (χ3v) is 3.71. The highest BCUT2D eigenvalue weighted by atomic mass is 32.1. The van der Waals surface area contributed by atoms with E-state index in [-0.39, 0.29) is 10.9 Å². The Morgan fingerprint density at radius 1 is 1.06 bits per heavy atom. The molecule has 0 aromatic carbocycles. The molecular formula is C11H20N4O2S. The summed E-state index contributed by atoms with van der Waals surface area (Å²) in [6.45, 7) is 0.626. The Labute approximate surface area is 112 Å². The van der Waals surface area contributed by atoms with Gasteiger partial charge in [-0.15, -0.1) is 0 Å². The van der Waals surface area contributed by atoms with Gasteiger partial charge in [0.15, 0.2) is 0 Å². The number of nitrogens with two attached hydrogens (primary N) is 2. The van der Waals surface area contributed by atoms with E-state index >= 15 is 0 Å². The smallest absolute Gasteiger partial charge is 0.312 e. The fraction of sp³-hybridized carbons (Fsp3) is 0.727. The standard InChI is InChI=1S/C11H20N4O2S/c12-8(18)11(4-2-1-3-5-11)9(16)14-6-7-15-10(13)17/h1-7H2,(H2,12,18)(H,14,16)(H3,13,15,17). The van der Waals surface area contributed by atoms with Crippen molar-refractivity contribution in [2.45, 2.75) is 32.1 Å². The van der Waals surface area contributed by atoms with E-state index in [1.165, 1.54) is 0 Å². The lowest BCUT2D eigenvalue weighted by Gasteiger charge is -2.34. The van der Waals surface area contributed by atoms with Crippen LogP contribution in [0.4, 0.5) is 4.79 Å². The van der Waals surface area contributed by atoms with Gasteiger partial charge in [0.2, 0.25) is 5.91 Å². The lowest BCUT2D eigenvalue weighted by atomic mass is 9.73. The molecule has 3 amide bonds. The van der Waals surface area contributed by atoms with Crippen LogP contribution in [0.5, 0.6) is 0 Å². The first kappa shape index (κ1) is 14.7. The summed E-state index contributed by atoms with van der Waals surface area (Å²) < 4.78 is 0. The van der Waals surface area contributed by atoms with Crippen molar-refractivity contribution in [3.05, 3.63) is 0 Å². The van der Waals surface area contributed by atoms with Gasteiger partial charge in [-0.25, -0.2) is 4.79 Å². The highest BCUT2D eigenvalue weighted by molar-refractivity contribution is 7.80. The Morgan fingerprint density at radius 3 is 2.11 bits per heavy atom. The van der Waals surface area contributed by atoms with Gasteiger partial charge in [-0.05, 0) is 12.8 Å². The predicted molar refractivity (Wildman–Crippen MR) is 72.9 cm³/mol. The van der Waals surface area contributed by atoms with E-state index in [0.29, 0.717) is 25.9 Å². The Morgan fingerprint density at radius 2 is 1.61 bits per heavy atom. The van der Waals surface area contributed by atoms with Crippen LogP contribution in [0.15, 0.2) is 0 Å². The molecule has 1 aliphatic carbocycles. The van der Waals surface area contributed by atoms with Crippen molar-refractivity contribution in [2.24, 2.45) is 16.9 Å². The number of carbonyl (C=O) groups excluding carboxylic acids is 2. The van der Waals surface area contributed by atoms with E-state index in [0.717, 1.165) is 19.3 Å². The van der Waals surface area contributed by atoms with Crippen LogP contribution in [0.3, 0.4) is 0 Å². The number of thiocarbonyl (C=S) groups is 1. The highest BCUT2D eigenvalue weighted by Crippen LogP contribution is 2.36. The van der Waals surface area contributed by atoms with E-state index in [1.54, 1.807) is 0 Å². The first-order valence-corrected chi connectivity index (χ1v) is 6.51. The Kier molecular flexibility index (Phi) is 5.33. The van der Waals surface area contributed by atoms with Crippen molar-refractivity contribution in [1.82, 2.24) is 10.6 Å². The fourth-order valence-corrected chi connectivity index (χ4v) is 2.57. The normalized spacial score (nSPS) is 17.8. The minimum atomic E-state index is -0.708. The molecule has 1 rings (SSSR count). The average molecular weight is 272 g/mol. The monoisotopic (exact) mass is 272 g/mol. The van der Waals surface area contributed by atoms with Gasteiger partial charge < -0.3 is 22.1 Å². The minimum Gasteiger partial charge on any atom is -0.392 e. The highest BCUT2D eigenvalue weighted by Gasteiger charge is 2.41. The summed E-state index contributed by atoms with van der Waals surface area (Å²) in [6, 6.07) is -0.606. The third-order valence-electron chi connectivity index (χ3n) is 3.32. The van der Waals surface area contributed by atoms with Crippen LogP contribution >= 0.6 is 12.2 Å². The summed E-state index contributed by atoms with van der Waals surface area (Å²) in [5.41, 5.74) is 9.95. The first-order valence-electron chi connectivity index (χ1n) is 6.10. The molecule has 18 heavy (non-hydrogen) atoms. The molecule has 0 heterocycles. The number of hydrogen-bond acceptors (Lipinski definition) is 3. The van der Waals surface area contributed by atoms with Crippen molar-refractivity contribution in [2.75, 3.05) is 13.1 Å². The molecule has 1 saturated carbocycles. The second-order valence-corrected chi connectivity index (χ2v) is 4.99. The van der Waals surface area contributed by atoms with Crippen molar-refractivity contribution in [3.8, 4) is 0 Å². The van der Waals surface area contributed by atoms with Gasteiger partial charge in [0.25, 0.3) is 0 Å². The zero-order chi connectivity index (χ0) is 13.6. The fourth-order valence-electron chi connectivity index (χ4n) is 2.27. The predicted octanol–water partition coefficient (Wildman–Crippen LogP) is 0.00750.